The van der Waals surface area contributed by atoms with Crippen LogP contribution in [0.25, 0.3) is 0 Å². The van der Waals surface area contributed by atoms with Crippen molar-refractivity contribution in [2.75, 3.05) is 12.4 Å². The second kappa shape index (κ2) is 9.67. The van der Waals surface area contributed by atoms with Crippen molar-refractivity contribution in [3.63, 3.8) is 0 Å². The maximum Gasteiger partial charge on any atom is 0.234 e. The lowest BCUT2D eigenvalue weighted by Gasteiger charge is -1.95. The Morgan fingerprint density at radius 1 is 1.09 bits per heavy atom. The maximum atomic E-state index is 9.63. The molecule has 0 atom stereocenters. The van der Waals surface area contributed by atoms with E-state index < -0.39 is 0 Å². The molecule has 0 aliphatic rings. The third-order valence-electron chi connectivity index (χ3n) is 1.47. The number of unbranched alkanes of at least 4 members (excludes halogenated alkanes) is 4. The van der Waals surface area contributed by atoms with Crippen LogP contribution in [-0.4, -0.2) is 18.5 Å². The van der Waals surface area contributed by atoms with Crippen molar-refractivity contribution >= 4 is 17.7 Å². The lowest BCUT2D eigenvalue weighted by molar-refractivity contribution is 0.561. The number of rotatable bonds is 7. The molecule has 0 aromatic rings. The summed E-state index contributed by atoms with van der Waals surface area (Å²) < 4.78 is 0. The van der Waals surface area contributed by atoms with Crippen molar-refractivity contribution in [3.05, 3.63) is 0 Å². The van der Waals surface area contributed by atoms with E-state index in [1.165, 1.54) is 18.9 Å². The van der Waals surface area contributed by atoms with Gasteiger partial charge < -0.3 is 0 Å². The molecule has 0 aromatic heterocycles. The van der Waals surface area contributed by atoms with Gasteiger partial charge in [-0.05, 0) is 12.8 Å². The van der Waals surface area contributed by atoms with Crippen molar-refractivity contribution in [2.24, 2.45) is 4.99 Å². The standard InChI is InChI=1S/C8H14ClNO/c9-6-4-2-1-3-5-7-10-8-11/h1-7H2. The fourth-order valence-corrected chi connectivity index (χ4v) is 1.05. The second-order valence-electron chi connectivity index (χ2n) is 2.43. The molecule has 0 fully saturated rings. The van der Waals surface area contributed by atoms with E-state index in [4.69, 9.17) is 11.6 Å². The van der Waals surface area contributed by atoms with Crippen LogP contribution in [-0.2, 0) is 4.79 Å². The van der Waals surface area contributed by atoms with Crippen LogP contribution in [0.15, 0.2) is 4.99 Å². The zero-order valence-corrected chi connectivity index (χ0v) is 7.44. The molecule has 0 saturated carbocycles. The molecule has 0 amide bonds. The molecular weight excluding hydrogens is 162 g/mol. The van der Waals surface area contributed by atoms with Gasteiger partial charge in [0.05, 0.1) is 6.54 Å². The number of aliphatic imine (C=N–C) groups is 1. The van der Waals surface area contributed by atoms with Gasteiger partial charge in [-0.15, -0.1) is 11.6 Å². The highest BCUT2D eigenvalue weighted by Crippen LogP contribution is 2.03. The summed E-state index contributed by atoms with van der Waals surface area (Å²) in [7, 11) is 0. The summed E-state index contributed by atoms with van der Waals surface area (Å²) in [6.45, 7) is 0.629. The number of carbonyl (C=O) groups excluding carboxylic acids is 1. The highest BCUT2D eigenvalue weighted by atomic mass is 35.5. The SMILES string of the molecule is O=C=NCCCCCCCCl. The monoisotopic (exact) mass is 175 g/mol. The van der Waals surface area contributed by atoms with Crippen LogP contribution < -0.4 is 0 Å². The van der Waals surface area contributed by atoms with E-state index in [1.807, 2.05) is 0 Å². The Morgan fingerprint density at radius 2 is 1.73 bits per heavy atom. The van der Waals surface area contributed by atoms with Crippen LogP contribution in [0.4, 0.5) is 0 Å². The number of nitrogens with zero attached hydrogens (tertiary/aromatic N) is 1. The van der Waals surface area contributed by atoms with E-state index in [1.54, 1.807) is 0 Å². The largest absolute Gasteiger partial charge is 0.234 e. The van der Waals surface area contributed by atoms with Gasteiger partial charge in [-0.1, -0.05) is 19.3 Å². The average molecular weight is 176 g/mol. The van der Waals surface area contributed by atoms with Gasteiger partial charge in [-0.25, -0.2) is 9.79 Å². The Bertz CT molecular complexity index is 121. The van der Waals surface area contributed by atoms with E-state index in [0.29, 0.717) is 6.54 Å². The van der Waals surface area contributed by atoms with Crippen molar-refractivity contribution in [1.82, 2.24) is 0 Å². The second-order valence-corrected chi connectivity index (χ2v) is 2.81. The summed E-state index contributed by atoms with van der Waals surface area (Å²) in [5.41, 5.74) is 0. The van der Waals surface area contributed by atoms with Gasteiger partial charge >= 0.3 is 0 Å². The molecule has 3 heteroatoms. The molecule has 0 radical (unpaired) electrons. The first-order valence-electron chi connectivity index (χ1n) is 4.01. The minimum Gasteiger partial charge on any atom is -0.211 e. The zero-order chi connectivity index (χ0) is 8.36. The van der Waals surface area contributed by atoms with Gasteiger partial charge in [0.25, 0.3) is 0 Å². The summed E-state index contributed by atoms with van der Waals surface area (Å²) in [6.07, 6.45) is 7.14. The third kappa shape index (κ3) is 9.67. The molecule has 0 aliphatic carbocycles. The predicted octanol–water partition coefficient (Wildman–Crippen LogP) is 2.51. The molecular formula is C8H14ClNO. The first-order chi connectivity index (χ1) is 5.41. The van der Waals surface area contributed by atoms with E-state index in [0.717, 1.165) is 25.1 Å². The van der Waals surface area contributed by atoms with Crippen molar-refractivity contribution < 1.29 is 4.79 Å². The number of hydrogen-bond donors (Lipinski definition) is 0. The molecule has 0 saturated heterocycles. The highest BCUT2D eigenvalue weighted by molar-refractivity contribution is 6.17. The fraction of sp³-hybridized carbons (Fsp3) is 0.875. The van der Waals surface area contributed by atoms with Crippen LogP contribution in [0.5, 0.6) is 0 Å². The smallest absolute Gasteiger partial charge is 0.211 e. The van der Waals surface area contributed by atoms with Crippen LogP contribution >= 0.6 is 11.6 Å². The lowest BCUT2D eigenvalue weighted by atomic mass is 10.1. The maximum absolute atomic E-state index is 9.63. The number of hydrogen-bond acceptors (Lipinski definition) is 2. The molecule has 0 aromatic carbocycles. The lowest BCUT2D eigenvalue weighted by Crippen LogP contribution is -1.82. The Morgan fingerprint density at radius 3 is 2.36 bits per heavy atom. The van der Waals surface area contributed by atoms with E-state index in [-0.39, 0.29) is 0 Å². The Labute approximate surface area is 72.7 Å². The first kappa shape index (κ1) is 10.7. The molecule has 0 N–H and O–H groups in total. The van der Waals surface area contributed by atoms with Crippen LogP contribution in [0, 0.1) is 0 Å². The molecule has 2 nitrogen and oxygen atoms in total. The molecule has 0 rings (SSSR count). The number of isocyanates is 1. The van der Waals surface area contributed by atoms with Gasteiger partial charge in [0.15, 0.2) is 0 Å². The van der Waals surface area contributed by atoms with Crippen LogP contribution in [0.3, 0.4) is 0 Å². The summed E-state index contributed by atoms with van der Waals surface area (Å²) in [5, 5.41) is 0. The van der Waals surface area contributed by atoms with Gasteiger partial charge in [-0.3, -0.25) is 0 Å². The van der Waals surface area contributed by atoms with Gasteiger partial charge in [0, 0.05) is 5.88 Å². The zero-order valence-electron chi connectivity index (χ0n) is 6.68. The summed E-state index contributed by atoms with van der Waals surface area (Å²) in [4.78, 5) is 13.1. The van der Waals surface area contributed by atoms with Crippen molar-refractivity contribution in [3.8, 4) is 0 Å². The van der Waals surface area contributed by atoms with Crippen LogP contribution in [0.1, 0.15) is 32.1 Å². The highest BCUT2D eigenvalue weighted by Gasteiger charge is 1.88. The van der Waals surface area contributed by atoms with E-state index >= 15 is 0 Å². The Balaban J connectivity index is 2.84. The molecule has 0 spiro atoms. The molecule has 0 unspecified atom stereocenters. The van der Waals surface area contributed by atoms with Crippen LogP contribution in [0.2, 0.25) is 0 Å². The summed E-state index contributed by atoms with van der Waals surface area (Å²) in [5.74, 6) is 0.756. The Kier molecular flexibility index (Phi) is 9.38. The average Bonchev–Trinajstić information content (AvgIpc) is 2.03. The minimum absolute atomic E-state index is 0.629. The van der Waals surface area contributed by atoms with Crippen molar-refractivity contribution in [1.29, 1.82) is 0 Å². The molecule has 0 aliphatic heterocycles. The van der Waals surface area contributed by atoms with Gasteiger partial charge in [0.2, 0.25) is 6.08 Å². The summed E-state index contributed by atoms with van der Waals surface area (Å²) >= 11 is 5.49. The molecule has 11 heavy (non-hydrogen) atoms. The first-order valence-corrected chi connectivity index (χ1v) is 4.55. The predicted molar refractivity (Wildman–Crippen MR) is 46.8 cm³/mol. The van der Waals surface area contributed by atoms with E-state index in [9.17, 15) is 4.79 Å². The van der Waals surface area contributed by atoms with E-state index in [2.05, 4.69) is 4.99 Å². The topological polar surface area (TPSA) is 29.4 Å². The van der Waals surface area contributed by atoms with Crippen molar-refractivity contribution in [2.45, 2.75) is 32.1 Å². The number of alkyl halides is 1. The number of halogens is 1. The molecule has 64 valence electrons. The molecule has 0 heterocycles. The Hall–Kier alpha value is -0.330. The minimum atomic E-state index is 0.629. The van der Waals surface area contributed by atoms with Gasteiger partial charge in [-0.2, -0.15) is 0 Å². The summed E-state index contributed by atoms with van der Waals surface area (Å²) in [6, 6.07) is 0. The quantitative estimate of drug-likeness (QED) is 0.253. The normalized spacial score (nSPS) is 9.18. The third-order valence-corrected chi connectivity index (χ3v) is 1.74. The fourth-order valence-electron chi connectivity index (χ4n) is 0.861. The van der Waals surface area contributed by atoms with Gasteiger partial charge in [0.1, 0.15) is 0 Å². The molecule has 0 bridgehead atoms.